The summed E-state index contributed by atoms with van der Waals surface area (Å²) in [6.45, 7) is 2.09. The average Bonchev–Trinajstić information content (AvgIpc) is 3.21. The zero-order valence-electron chi connectivity index (χ0n) is 16.1. The van der Waals surface area contributed by atoms with E-state index in [-0.39, 0.29) is 11.7 Å². The van der Waals surface area contributed by atoms with Gasteiger partial charge in [0.1, 0.15) is 0 Å². The summed E-state index contributed by atoms with van der Waals surface area (Å²) in [5, 5.41) is 7.38. The molecule has 1 heterocycles. The molecule has 150 valence electrons. The molecule has 1 aromatic heterocycles. The lowest BCUT2D eigenvalue weighted by molar-refractivity contribution is 0.101. The Morgan fingerprint density at radius 3 is 2.10 bits per heavy atom. The van der Waals surface area contributed by atoms with Crippen LogP contribution in [0.4, 0.5) is 5.69 Å². The van der Waals surface area contributed by atoms with Crippen molar-refractivity contribution in [3.8, 4) is 17.1 Å². The molecular weight excluding hydrogens is 508 g/mol. The Morgan fingerprint density at radius 1 is 0.900 bits per heavy atom. The van der Waals surface area contributed by atoms with Crippen LogP contribution in [0.25, 0.3) is 17.1 Å². The maximum absolute atomic E-state index is 12.8. The molecule has 0 aliphatic carbocycles. The monoisotopic (exact) mass is 524 g/mol. The molecule has 0 bridgehead atoms. The van der Waals surface area contributed by atoms with E-state index in [1.54, 1.807) is 4.68 Å². The van der Waals surface area contributed by atoms with Crippen molar-refractivity contribution in [1.82, 2.24) is 14.8 Å². The number of hydrogen-bond donors (Lipinski definition) is 1. The summed E-state index contributed by atoms with van der Waals surface area (Å²) in [6, 6.07) is 23.2. The number of carbonyl (C=O) groups excluding carboxylic acids is 1. The van der Waals surface area contributed by atoms with E-state index in [0.717, 1.165) is 26.6 Å². The van der Waals surface area contributed by atoms with Crippen LogP contribution in [0.3, 0.4) is 0 Å². The molecule has 7 heteroatoms. The predicted molar refractivity (Wildman–Crippen MR) is 126 cm³/mol. The van der Waals surface area contributed by atoms with Crippen LogP contribution in [-0.2, 0) is 6.42 Å². The number of rotatable bonds is 5. The van der Waals surface area contributed by atoms with Crippen LogP contribution in [0.15, 0.2) is 81.7 Å². The highest BCUT2D eigenvalue weighted by Gasteiger charge is 2.19. The molecular formula is C23H18Br2N4O. The summed E-state index contributed by atoms with van der Waals surface area (Å²) in [7, 11) is 0. The van der Waals surface area contributed by atoms with E-state index >= 15 is 0 Å². The van der Waals surface area contributed by atoms with E-state index in [2.05, 4.69) is 54.2 Å². The van der Waals surface area contributed by atoms with Crippen LogP contribution in [0, 0.1) is 0 Å². The Bertz CT molecular complexity index is 1100. The summed E-state index contributed by atoms with van der Waals surface area (Å²) >= 11 is 6.90. The van der Waals surface area contributed by atoms with E-state index in [1.807, 2.05) is 72.8 Å². The van der Waals surface area contributed by atoms with Crippen molar-refractivity contribution in [2.24, 2.45) is 0 Å². The highest BCUT2D eigenvalue weighted by atomic mass is 79.9. The van der Waals surface area contributed by atoms with Gasteiger partial charge in [0.15, 0.2) is 5.82 Å². The topological polar surface area (TPSA) is 59.8 Å². The minimum atomic E-state index is -0.353. The first-order valence-corrected chi connectivity index (χ1v) is 11.0. The van der Waals surface area contributed by atoms with Crippen molar-refractivity contribution in [3.05, 3.63) is 93.1 Å². The van der Waals surface area contributed by atoms with Gasteiger partial charge in [0.05, 0.1) is 5.69 Å². The molecule has 3 aromatic carbocycles. The lowest BCUT2D eigenvalue weighted by Crippen LogP contribution is -2.14. The van der Waals surface area contributed by atoms with Crippen LogP contribution in [0.5, 0.6) is 0 Å². The van der Waals surface area contributed by atoms with Gasteiger partial charge in [-0.15, -0.1) is 5.10 Å². The first-order valence-electron chi connectivity index (χ1n) is 9.42. The molecule has 0 saturated carbocycles. The van der Waals surface area contributed by atoms with Crippen molar-refractivity contribution < 1.29 is 4.79 Å². The molecule has 5 nitrogen and oxygen atoms in total. The zero-order chi connectivity index (χ0) is 21.1. The number of benzene rings is 3. The molecule has 0 aliphatic heterocycles. The van der Waals surface area contributed by atoms with Gasteiger partial charge in [-0.2, -0.15) is 0 Å². The molecule has 4 rings (SSSR count). The second kappa shape index (κ2) is 8.93. The van der Waals surface area contributed by atoms with Crippen molar-refractivity contribution in [3.63, 3.8) is 0 Å². The summed E-state index contributed by atoms with van der Waals surface area (Å²) < 4.78 is 3.62. The third kappa shape index (κ3) is 4.52. The Morgan fingerprint density at radius 2 is 1.50 bits per heavy atom. The van der Waals surface area contributed by atoms with Gasteiger partial charge in [0.25, 0.3) is 5.91 Å². The SMILES string of the molecule is CCc1ccc(NC(=O)c2nc(-c3ccc(Br)cc3)n(-c3ccc(Br)cc3)n2)cc1. The molecule has 0 atom stereocenters. The Balaban J connectivity index is 1.71. The summed E-state index contributed by atoms with van der Waals surface area (Å²) in [5.74, 6) is 0.347. The molecule has 0 aliphatic rings. The number of halogens is 2. The van der Waals surface area contributed by atoms with Crippen LogP contribution in [-0.4, -0.2) is 20.7 Å². The molecule has 0 fully saturated rings. The van der Waals surface area contributed by atoms with Crippen LogP contribution in [0.1, 0.15) is 23.1 Å². The number of anilines is 1. The number of nitrogens with zero attached hydrogens (tertiary/aromatic N) is 3. The normalized spacial score (nSPS) is 10.8. The largest absolute Gasteiger partial charge is 0.319 e. The van der Waals surface area contributed by atoms with E-state index < -0.39 is 0 Å². The summed E-state index contributed by atoms with van der Waals surface area (Å²) in [4.78, 5) is 17.4. The minimum absolute atomic E-state index is 0.107. The second-order valence-corrected chi connectivity index (χ2v) is 8.49. The number of nitrogens with one attached hydrogen (secondary N) is 1. The summed E-state index contributed by atoms with van der Waals surface area (Å²) in [5.41, 5.74) is 3.60. The van der Waals surface area contributed by atoms with Gasteiger partial charge in [-0.25, -0.2) is 9.67 Å². The van der Waals surface area contributed by atoms with Crippen LogP contribution in [0.2, 0.25) is 0 Å². The fourth-order valence-corrected chi connectivity index (χ4v) is 3.50. The van der Waals surface area contributed by atoms with Crippen molar-refractivity contribution in [2.75, 3.05) is 5.32 Å². The fraction of sp³-hybridized carbons (Fsp3) is 0.0870. The molecule has 0 radical (unpaired) electrons. The van der Waals surface area contributed by atoms with Gasteiger partial charge in [-0.3, -0.25) is 4.79 Å². The zero-order valence-corrected chi connectivity index (χ0v) is 19.3. The molecule has 30 heavy (non-hydrogen) atoms. The third-order valence-electron chi connectivity index (χ3n) is 4.60. The molecule has 1 amide bonds. The number of aromatic nitrogens is 3. The Labute approximate surface area is 191 Å². The van der Waals surface area contributed by atoms with Gasteiger partial charge in [0, 0.05) is 20.2 Å². The van der Waals surface area contributed by atoms with Gasteiger partial charge in [0.2, 0.25) is 5.82 Å². The fourth-order valence-electron chi connectivity index (χ4n) is 2.97. The molecule has 0 saturated heterocycles. The maximum atomic E-state index is 12.8. The number of hydrogen-bond acceptors (Lipinski definition) is 3. The minimum Gasteiger partial charge on any atom is -0.319 e. The van der Waals surface area contributed by atoms with Crippen LogP contribution < -0.4 is 5.32 Å². The second-order valence-electron chi connectivity index (χ2n) is 6.66. The predicted octanol–water partition coefficient (Wildman–Crippen LogP) is 6.27. The molecule has 0 spiro atoms. The molecule has 4 aromatic rings. The van der Waals surface area contributed by atoms with E-state index in [1.165, 1.54) is 5.56 Å². The first kappa shape index (κ1) is 20.5. The van der Waals surface area contributed by atoms with Gasteiger partial charge < -0.3 is 5.32 Å². The smallest absolute Gasteiger partial charge is 0.295 e. The van der Waals surface area contributed by atoms with Gasteiger partial charge in [-0.1, -0.05) is 63.0 Å². The van der Waals surface area contributed by atoms with Crippen molar-refractivity contribution >= 4 is 43.5 Å². The first-order chi connectivity index (χ1) is 14.5. The van der Waals surface area contributed by atoms with E-state index in [0.29, 0.717) is 11.5 Å². The molecule has 0 unspecified atom stereocenters. The number of amides is 1. The van der Waals surface area contributed by atoms with Gasteiger partial charge >= 0.3 is 0 Å². The van der Waals surface area contributed by atoms with Crippen molar-refractivity contribution in [2.45, 2.75) is 13.3 Å². The summed E-state index contributed by atoms with van der Waals surface area (Å²) in [6.07, 6.45) is 0.948. The lowest BCUT2D eigenvalue weighted by atomic mass is 10.1. The standard InChI is InChI=1S/C23H18Br2N4O/c1-2-15-3-11-19(12-4-15)26-23(30)21-27-22(16-5-7-17(24)8-6-16)29(28-21)20-13-9-18(25)10-14-20/h3-14H,2H2,1H3,(H,26,30). The maximum Gasteiger partial charge on any atom is 0.295 e. The van der Waals surface area contributed by atoms with E-state index in [9.17, 15) is 4.79 Å². The average molecular weight is 526 g/mol. The molecule has 1 N–H and O–H groups in total. The number of carbonyl (C=O) groups is 1. The van der Waals surface area contributed by atoms with Crippen molar-refractivity contribution in [1.29, 1.82) is 0 Å². The lowest BCUT2D eigenvalue weighted by Gasteiger charge is -2.06. The highest BCUT2D eigenvalue weighted by Crippen LogP contribution is 2.24. The van der Waals surface area contributed by atoms with E-state index in [4.69, 9.17) is 0 Å². The third-order valence-corrected chi connectivity index (χ3v) is 5.66. The van der Waals surface area contributed by atoms with Gasteiger partial charge in [-0.05, 0) is 60.5 Å². The quantitative estimate of drug-likeness (QED) is 0.334. The van der Waals surface area contributed by atoms with Crippen LogP contribution >= 0.6 is 31.9 Å². The highest BCUT2D eigenvalue weighted by molar-refractivity contribution is 9.10. The Kier molecular flexibility index (Phi) is 6.11. The Hall–Kier alpha value is -2.77. The number of aryl methyl sites for hydroxylation is 1.